The normalized spacial score (nSPS) is 12.9. The third-order valence-electron chi connectivity index (χ3n) is 4.35. The van der Waals surface area contributed by atoms with Gasteiger partial charge in [0.1, 0.15) is 12.0 Å². The fraction of sp³-hybridized carbons (Fsp3) is 0.304. The lowest BCUT2D eigenvalue weighted by Gasteiger charge is -2.25. The minimum Gasteiger partial charge on any atom is -0.455 e. The molecule has 2 aromatic carbocycles. The first-order valence-electron chi connectivity index (χ1n) is 8.84. The SMILES string of the molecule is C=CC(C)(CCC=C(C)C)OC(=O)CC(=O)c1ccc2ccccc2c1. The zero-order chi connectivity index (χ0) is 19.2. The van der Waals surface area contributed by atoms with Gasteiger partial charge in [-0.3, -0.25) is 9.59 Å². The van der Waals surface area contributed by atoms with E-state index < -0.39 is 11.6 Å². The highest BCUT2D eigenvalue weighted by molar-refractivity contribution is 6.07. The summed E-state index contributed by atoms with van der Waals surface area (Å²) in [6.45, 7) is 9.64. The Morgan fingerprint density at radius 1 is 1.12 bits per heavy atom. The van der Waals surface area contributed by atoms with Crippen molar-refractivity contribution < 1.29 is 14.3 Å². The lowest BCUT2D eigenvalue weighted by atomic mass is 9.99. The quantitative estimate of drug-likeness (QED) is 0.267. The van der Waals surface area contributed by atoms with Crippen LogP contribution in [0.15, 0.2) is 66.8 Å². The largest absolute Gasteiger partial charge is 0.455 e. The van der Waals surface area contributed by atoms with Gasteiger partial charge in [0.25, 0.3) is 0 Å². The molecule has 0 saturated carbocycles. The third kappa shape index (κ3) is 5.41. The molecule has 0 amide bonds. The van der Waals surface area contributed by atoms with E-state index >= 15 is 0 Å². The monoisotopic (exact) mass is 350 g/mol. The van der Waals surface area contributed by atoms with Crippen LogP contribution in [0, 0.1) is 0 Å². The highest BCUT2D eigenvalue weighted by Crippen LogP contribution is 2.22. The number of hydrogen-bond donors (Lipinski definition) is 0. The molecule has 3 heteroatoms. The summed E-state index contributed by atoms with van der Waals surface area (Å²) in [5.41, 5.74) is 0.965. The number of hydrogen-bond acceptors (Lipinski definition) is 3. The predicted molar refractivity (Wildman–Crippen MR) is 106 cm³/mol. The Balaban J connectivity index is 2.01. The van der Waals surface area contributed by atoms with Crippen LogP contribution >= 0.6 is 0 Å². The van der Waals surface area contributed by atoms with Gasteiger partial charge in [-0.25, -0.2) is 0 Å². The number of ether oxygens (including phenoxy) is 1. The fourth-order valence-electron chi connectivity index (χ4n) is 2.73. The Hall–Kier alpha value is -2.68. The molecule has 0 saturated heterocycles. The summed E-state index contributed by atoms with van der Waals surface area (Å²) in [5.74, 6) is -0.765. The number of carbonyl (C=O) groups is 2. The number of ketones is 1. The summed E-state index contributed by atoms with van der Waals surface area (Å²) < 4.78 is 5.54. The highest BCUT2D eigenvalue weighted by Gasteiger charge is 2.25. The van der Waals surface area contributed by atoms with Gasteiger partial charge in [0.2, 0.25) is 0 Å². The number of rotatable bonds is 8. The van der Waals surface area contributed by atoms with Gasteiger partial charge in [-0.1, -0.05) is 54.6 Å². The van der Waals surface area contributed by atoms with Crippen molar-refractivity contribution in [2.24, 2.45) is 0 Å². The first kappa shape index (κ1) is 19.6. The maximum atomic E-state index is 12.4. The molecular formula is C23H26O3. The maximum absolute atomic E-state index is 12.4. The molecule has 0 radical (unpaired) electrons. The van der Waals surface area contributed by atoms with E-state index in [2.05, 4.69) is 12.7 Å². The number of Topliss-reactive ketones (excluding diaryl/α,β-unsaturated/α-hetero) is 1. The van der Waals surface area contributed by atoms with Crippen LogP contribution in [-0.4, -0.2) is 17.4 Å². The van der Waals surface area contributed by atoms with E-state index in [9.17, 15) is 9.59 Å². The maximum Gasteiger partial charge on any atom is 0.314 e. The van der Waals surface area contributed by atoms with Crippen molar-refractivity contribution in [1.82, 2.24) is 0 Å². The average Bonchev–Trinajstić information content (AvgIpc) is 2.60. The van der Waals surface area contributed by atoms with E-state index in [4.69, 9.17) is 4.74 Å². The molecule has 136 valence electrons. The van der Waals surface area contributed by atoms with E-state index in [0.29, 0.717) is 12.0 Å². The van der Waals surface area contributed by atoms with E-state index in [1.165, 1.54) is 5.57 Å². The molecule has 3 nitrogen and oxygen atoms in total. The van der Waals surface area contributed by atoms with Crippen LogP contribution in [-0.2, 0) is 9.53 Å². The topological polar surface area (TPSA) is 43.4 Å². The van der Waals surface area contributed by atoms with Crippen LogP contribution in [0.5, 0.6) is 0 Å². The average molecular weight is 350 g/mol. The number of allylic oxidation sites excluding steroid dienone is 2. The Labute approximate surface area is 155 Å². The lowest BCUT2D eigenvalue weighted by molar-refractivity contribution is -0.153. The number of esters is 1. The molecule has 0 fully saturated rings. The first-order valence-corrected chi connectivity index (χ1v) is 8.84. The van der Waals surface area contributed by atoms with Crippen molar-refractivity contribution in [3.8, 4) is 0 Å². The van der Waals surface area contributed by atoms with E-state index in [0.717, 1.165) is 17.2 Å². The van der Waals surface area contributed by atoms with Crippen LogP contribution in [0.3, 0.4) is 0 Å². The molecule has 0 aromatic heterocycles. The summed E-state index contributed by atoms with van der Waals surface area (Å²) in [6, 6.07) is 13.3. The molecule has 0 aliphatic rings. The molecule has 2 aromatic rings. The van der Waals surface area contributed by atoms with Crippen molar-refractivity contribution in [2.45, 2.75) is 45.6 Å². The molecule has 2 rings (SSSR count). The van der Waals surface area contributed by atoms with Gasteiger partial charge in [-0.2, -0.15) is 0 Å². The fourth-order valence-corrected chi connectivity index (χ4v) is 2.73. The van der Waals surface area contributed by atoms with E-state index in [1.807, 2.05) is 57.2 Å². The van der Waals surface area contributed by atoms with Gasteiger partial charge in [0.05, 0.1) is 0 Å². The molecular weight excluding hydrogens is 324 g/mol. The van der Waals surface area contributed by atoms with Crippen LogP contribution in [0.1, 0.15) is 50.4 Å². The first-order chi connectivity index (χ1) is 12.3. The van der Waals surface area contributed by atoms with Crippen molar-refractivity contribution in [1.29, 1.82) is 0 Å². The van der Waals surface area contributed by atoms with Crippen molar-refractivity contribution in [3.05, 3.63) is 72.3 Å². The van der Waals surface area contributed by atoms with Gasteiger partial charge in [0.15, 0.2) is 5.78 Å². The molecule has 1 atom stereocenters. The molecule has 26 heavy (non-hydrogen) atoms. The van der Waals surface area contributed by atoms with Gasteiger partial charge in [-0.15, -0.1) is 0 Å². The Kier molecular flexibility index (Phi) is 6.51. The minimum absolute atomic E-state index is 0.239. The standard InChI is InChI=1S/C23H26O3/c1-5-23(4,14-8-9-17(2)3)26-22(25)16-21(24)20-13-12-18-10-6-7-11-19(18)15-20/h5-7,9-13,15H,1,8,14,16H2,2-4H3. The molecule has 0 aliphatic heterocycles. The van der Waals surface area contributed by atoms with Crippen molar-refractivity contribution >= 4 is 22.5 Å². The zero-order valence-corrected chi connectivity index (χ0v) is 15.7. The molecule has 0 heterocycles. The van der Waals surface area contributed by atoms with Crippen LogP contribution in [0.25, 0.3) is 10.8 Å². The van der Waals surface area contributed by atoms with E-state index in [-0.39, 0.29) is 12.2 Å². The predicted octanol–water partition coefficient (Wildman–Crippen LogP) is 5.65. The minimum atomic E-state index is -0.771. The third-order valence-corrected chi connectivity index (χ3v) is 4.35. The van der Waals surface area contributed by atoms with Gasteiger partial charge in [-0.05, 0) is 56.5 Å². The molecule has 0 N–H and O–H groups in total. The summed E-state index contributed by atoms with van der Waals surface area (Å²) in [7, 11) is 0. The summed E-state index contributed by atoms with van der Waals surface area (Å²) in [4.78, 5) is 24.7. The highest BCUT2D eigenvalue weighted by atomic mass is 16.6. The number of carbonyl (C=O) groups excluding carboxylic acids is 2. The van der Waals surface area contributed by atoms with E-state index in [1.54, 1.807) is 12.1 Å². The molecule has 0 spiro atoms. The second kappa shape index (κ2) is 8.61. The van der Waals surface area contributed by atoms with Crippen LogP contribution in [0.4, 0.5) is 0 Å². The van der Waals surface area contributed by atoms with Gasteiger partial charge >= 0.3 is 5.97 Å². The molecule has 0 aliphatic carbocycles. The summed E-state index contributed by atoms with van der Waals surface area (Å²) in [6.07, 6.45) is 4.87. The second-order valence-electron chi connectivity index (χ2n) is 6.97. The number of fused-ring (bicyclic) bond motifs is 1. The van der Waals surface area contributed by atoms with Crippen molar-refractivity contribution in [2.75, 3.05) is 0 Å². The number of benzene rings is 2. The molecule has 0 bridgehead atoms. The lowest BCUT2D eigenvalue weighted by Crippen LogP contribution is -2.30. The molecule has 1 unspecified atom stereocenters. The summed E-state index contributed by atoms with van der Waals surface area (Å²) in [5, 5.41) is 2.04. The van der Waals surface area contributed by atoms with Gasteiger partial charge < -0.3 is 4.74 Å². The summed E-state index contributed by atoms with van der Waals surface area (Å²) >= 11 is 0. The Bertz CT molecular complexity index is 843. The van der Waals surface area contributed by atoms with Gasteiger partial charge in [0, 0.05) is 5.56 Å². The smallest absolute Gasteiger partial charge is 0.314 e. The van der Waals surface area contributed by atoms with Crippen LogP contribution in [0.2, 0.25) is 0 Å². The van der Waals surface area contributed by atoms with Crippen LogP contribution < -0.4 is 0 Å². The Morgan fingerprint density at radius 3 is 2.46 bits per heavy atom. The Morgan fingerprint density at radius 2 is 1.81 bits per heavy atom. The second-order valence-corrected chi connectivity index (χ2v) is 6.97. The zero-order valence-electron chi connectivity index (χ0n) is 15.7. The van der Waals surface area contributed by atoms with Crippen molar-refractivity contribution in [3.63, 3.8) is 0 Å².